The van der Waals surface area contributed by atoms with E-state index in [-0.39, 0.29) is 10.8 Å². The van der Waals surface area contributed by atoms with Gasteiger partial charge in [0.2, 0.25) is 5.95 Å². The molecule has 4 heteroatoms. The molecule has 0 spiro atoms. The van der Waals surface area contributed by atoms with Crippen molar-refractivity contribution >= 4 is 15.9 Å². The van der Waals surface area contributed by atoms with Crippen LogP contribution in [-0.2, 0) is 0 Å². The first kappa shape index (κ1) is 3.50. The van der Waals surface area contributed by atoms with Crippen molar-refractivity contribution in [3.8, 4) is 0 Å². The average Bonchev–Trinajstić information content (AvgIpc) is 1.84. The van der Waals surface area contributed by atoms with Crippen molar-refractivity contribution in [2.24, 2.45) is 0 Å². The topological polar surface area (TPSA) is 25.8 Å². The smallest absolute Gasteiger partial charge is 0.231 e. The molecule has 0 unspecified atom stereocenters. The van der Waals surface area contributed by atoms with Crippen molar-refractivity contribution in [3.63, 3.8) is 0 Å². The van der Waals surface area contributed by atoms with Crippen LogP contribution in [0.2, 0.25) is 0 Å². The van der Waals surface area contributed by atoms with E-state index < -0.39 is 12.1 Å². The van der Waals surface area contributed by atoms with Crippen LogP contribution in [0.1, 0.15) is 2.74 Å². The molecule has 8 heavy (non-hydrogen) atoms. The fraction of sp³-hybridized carbons (Fsp3) is 0. The molecule has 0 aliphatic heterocycles. The Bertz CT molecular complexity index is 217. The zero-order chi connectivity index (χ0) is 7.72. The van der Waals surface area contributed by atoms with Gasteiger partial charge in [0, 0.05) is 0 Å². The highest BCUT2D eigenvalue weighted by molar-refractivity contribution is 9.10. The van der Waals surface area contributed by atoms with Crippen molar-refractivity contribution in [2.45, 2.75) is 0 Å². The SMILES string of the molecule is [2H]c1nc(Br)c([2H])nc1F. The van der Waals surface area contributed by atoms with E-state index in [1.165, 1.54) is 0 Å². The third-order valence-corrected chi connectivity index (χ3v) is 0.847. The zero-order valence-corrected chi connectivity index (χ0v) is 5.24. The Morgan fingerprint density at radius 2 is 2.38 bits per heavy atom. The fourth-order valence-corrected chi connectivity index (χ4v) is 0.418. The highest BCUT2D eigenvalue weighted by Crippen LogP contribution is 2.00. The largest absolute Gasteiger partial charge is 0.243 e. The van der Waals surface area contributed by atoms with Gasteiger partial charge < -0.3 is 0 Å². The maximum absolute atomic E-state index is 12.3. The zero-order valence-electron chi connectivity index (χ0n) is 5.65. The van der Waals surface area contributed by atoms with Gasteiger partial charge in [-0.1, -0.05) is 0 Å². The molecule has 0 atom stereocenters. The standard InChI is InChI=1S/C4H2BrFN2/c5-3-1-8-4(6)2-7-3/h1-2H/i1D,2D. The summed E-state index contributed by atoms with van der Waals surface area (Å²) in [7, 11) is 0. The van der Waals surface area contributed by atoms with E-state index in [9.17, 15) is 4.39 Å². The summed E-state index contributed by atoms with van der Waals surface area (Å²) in [4.78, 5) is 6.41. The minimum Gasteiger partial charge on any atom is -0.243 e. The first-order valence-corrected chi connectivity index (χ1v) is 2.57. The van der Waals surface area contributed by atoms with E-state index >= 15 is 0 Å². The number of hydrogen-bond acceptors (Lipinski definition) is 2. The molecule has 0 bridgehead atoms. The number of nitrogens with zero attached hydrogens (tertiary/aromatic N) is 2. The molecule has 0 amide bonds. The van der Waals surface area contributed by atoms with E-state index in [2.05, 4.69) is 25.9 Å². The minimum atomic E-state index is -1.02. The molecule has 1 heterocycles. The van der Waals surface area contributed by atoms with E-state index in [0.717, 1.165) is 0 Å². The lowest BCUT2D eigenvalue weighted by Crippen LogP contribution is -1.82. The van der Waals surface area contributed by atoms with Crippen LogP contribution >= 0.6 is 15.9 Å². The van der Waals surface area contributed by atoms with E-state index in [1.54, 1.807) is 0 Å². The molecular formula is C4H2BrFN2. The summed E-state index contributed by atoms with van der Waals surface area (Å²) in [5.74, 6) is -1.02. The molecule has 0 aliphatic carbocycles. The highest BCUT2D eigenvalue weighted by Gasteiger charge is 1.88. The van der Waals surface area contributed by atoms with Crippen molar-refractivity contribution < 1.29 is 7.13 Å². The fourth-order valence-electron chi connectivity index (χ4n) is 0.240. The predicted molar refractivity (Wildman–Crippen MR) is 29.7 cm³/mol. The lowest BCUT2D eigenvalue weighted by Gasteiger charge is -1.83. The van der Waals surface area contributed by atoms with Crippen LogP contribution in [0.4, 0.5) is 4.39 Å². The first-order valence-electron chi connectivity index (χ1n) is 2.77. The van der Waals surface area contributed by atoms with Crippen LogP contribution in [-0.4, -0.2) is 9.97 Å². The van der Waals surface area contributed by atoms with Crippen LogP contribution < -0.4 is 0 Å². The molecule has 0 aliphatic rings. The van der Waals surface area contributed by atoms with Crippen LogP contribution in [0, 0.1) is 5.95 Å². The average molecular weight is 179 g/mol. The van der Waals surface area contributed by atoms with Crippen LogP contribution in [0.15, 0.2) is 16.9 Å². The Kier molecular flexibility index (Phi) is 0.951. The summed E-state index contributed by atoms with van der Waals surface area (Å²) in [6, 6.07) is 0. The van der Waals surface area contributed by atoms with Gasteiger partial charge in [-0.05, 0) is 15.9 Å². The summed E-state index contributed by atoms with van der Waals surface area (Å²) in [6.45, 7) is 0. The Labute approximate surface area is 56.7 Å². The van der Waals surface area contributed by atoms with Crippen molar-refractivity contribution in [3.05, 3.63) is 22.9 Å². The van der Waals surface area contributed by atoms with Crippen LogP contribution in [0.5, 0.6) is 0 Å². The maximum Gasteiger partial charge on any atom is 0.231 e. The third-order valence-electron chi connectivity index (χ3n) is 0.493. The number of aromatic nitrogens is 2. The van der Waals surface area contributed by atoms with Crippen LogP contribution in [0.25, 0.3) is 0 Å². The van der Waals surface area contributed by atoms with Crippen molar-refractivity contribution in [1.82, 2.24) is 9.97 Å². The summed E-state index contributed by atoms with van der Waals surface area (Å²) in [6.07, 6.45) is -0.851. The predicted octanol–water partition coefficient (Wildman–Crippen LogP) is 1.38. The maximum atomic E-state index is 12.3. The molecule has 1 rings (SSSR count). The molecule has 0 saturated carbocycles. The highest BCUT2D eigenvalue weighted by atomic mass is 79.9. The van der Waals surface area contributed by atoms with Gasteiger partial charge in [-0.15, -0.1) is 0 Å². The molecule has 0 fully saturated rings. The monoisotopic (exact) mass is 178 g/mol. The second-order valence-corrected chi connectivity index (χ2v) is 1.78. The lowest BCUT2D eigenvalue weighted by molar-refractivity contribution is 0.575. The van der Waals surface area contributed by atoms with Gasteiger partial charge in [-0.25, -0.2) is 9.97 Å². The van der Waals surface area contributed by atoms with E-state index in [1.807, 2.05) is 0 Å². The second kappa shape index (κ2) is 2.17. The number of halogens is 2. The quantitative estimate of drug-likeness (QED) is 0.601. The summed E-state index contributed by atoms with van der Waals surface area (Å²) in [5, 5.41) is 0. The van der Waals surface area contributed by atoms with Gasteiger partial charge in [-0.2, -0.15) is 4.39 Å². The molecule has 0 saturated heterocycles. The Hall–Kier alpha value is -0.510. The number of hydrogen-bond donors (Lipinski definition) is 0. The summed E-state index contributed by atoms with van der Waals surface area (Å²) < 4.78 is 26.0. The third kappa shape index (κ3) is 1.23. The molecule has 1 aromatic heterocycles. The van der Waals surface area contributed by atoms with Gasteiger partial charge in [0.05, 0.1) is 15.1 Å². The van der Waals surface area contributed by atoms with Gasteiger partial charge in [0.1, 0.15) is 4.60 Å². The first-order chi connectivity index (χ1) is 4.61. The molecule has 0 radical (unpaired) electrons. The second-order valence-electron chi connectivity index (χ2n) is 1.03. The molecule has 2 nitrogen and oxygen atoms in total. The molecule has 1 aromatic rings. The van der Waals surface area contributed by atoms with E-state index in [0.29, 0.717) is 0 Å². The minimum absolute atomic E-state index is 0.0823. The molecule has 0 aromatic carbocycles. The Morgan fingerprint density at radius 3 is 3.00 bits per heavy atom. The van der Waals surface area contributed by atoms with Crippen molar-refractivity contribution in [1.29, 1.82) is 0 Å². The Morgan fingerprint density at radius 1 is 1.62 bits per heavy atom. The lowest BCUT2D eigenvalue weighted by atomic mass is 10.7. The van der Waals surface area contributed by atoms with Gasteiger partial charge in [-0.3, -0.25) is 0 Å². The van der Waals surface area contributed by atoms with Gasteiger partial charge in [0.15, 0.2) is 0 Å². The molecular weight excluding hydrogens is 175 g/mol. The Balaban J connectivity index is 3.28. The summed E-state index contributed by atoms with van der Waals surface area (Å²) >= 11 is 2.83. The normalized spacial score (nSPS) is 12.8. The number of rotatable bonds is 0. The summed E-state index contributed by atoms with van der Waals surface area (Å²) in [5.41, 5.74) is 0. The molecule has 42 valence electrons. The van der Waals surface area contributed by atoms with E-state index in [4.69, 9.17) is 2.74 Å². The molecule has 0 N–H and O–H groups in total. The van der Waals surface area contributed by atoms with Gasteiger partial charge in [0.25, 0.3) is 0 Å². The van der Waals surface area contributed by atoms with Crippen LogP contribution in [0.3, 0.4) is 0 Å². The van der Waals surface area contributed by atoms with Gasteiger partial charge >= 0.3 is 0 Å². The van der Waals surface area contributed by atoms with Crippen molar-refractivity contribution in [2.75, 3.05) is 0 Å².